The van der Waals surface area contributed by atoms with Crippen LogP contribution in [0.5, 0.6) is 0 Å². The monoisotopic (exact) mass is 433 g/mol. The van der Waals surface area contributed by atoms with Gasteiger partial charge < -0.3 is 5.32 Å². The number of alkyl halides is 3. The number of carbonyl (C=O) groups excluding carboxylic acids is 1. The Balaban J connectivity index is 1.51. The second-order valence-corrected chi connectivity index (χ2v) is 8.11. The van der Waals surface area contributed by atoms with E-state index in [4.69, 9.17) is 0 Å². The van der Waals surface area contributed by atoms with Crippen LogP contribution in [-0.4, -0.2) is 48.4 Å². The van der Waals surface area contributed by atoms with Gasteiger partial charge in [0, 0.05) is 25.3 Å². The van der Waals surface area contributed by atoms with Crippen molar-refractivity contribution in [2.24, 2.45) is 0 Å². The number of nitrogens with one attached hydrogen (secondary N) is 1. The molecule has 2 aromatic carbocycles. The second-order valence-electron chi connectivity index (χ2n) is 8.11. The van der Waals surface area contributed by atoms with Crippen molar-refractivity contribution in [3.05, 3.63) is 64.7 Å². The molecule has 0 aliphatic carbocycles. The molecule has 1 aliphatic heterocycles. The maximum Gasteiger partial charge on any atom is 0.416 e. The summed E-state index contributed by atoms with van der Waals surface area (Å²) in [5, 5.41) is 3.08. The van der Waals surface area contributed by atoms with Crippen LogP contribution in [0.25, 0.3) is 0 Å². The van der Waals surface area contributed by atoms with Crippen molar-refractivity contribution in [3.8, 4) is 0 Å². The SMILES string of the molecule is CCc1cccc(C)c1NC(=O)CN1CCCN(Cc2ccc(C(F)(F)F)cc2)CC1. The highest BCUT2D eigenvalue weighted by Crippen LogP contribution is 2.29. The average Bonchev–Trinajstić information content (AvgIpc) is 2.94. The topological polar surface area (TPSA) is 35.6 Å². The molecule has 0 saturated carbocycles. The van der Waals surface area contributed by atoms with E-state index in [1.165, 1.54) is 0 Å². The molecular weight excluding hydrogens is 403 g/mol. The maximum absolute atomic E-state index is 12.7. The third-order valence-electron chi connectivity index (χ3n) is 5.74. The molecule has 0 bridgehead atoms. The minimum Gasteiger partial charge on any atom is -0.324 e. The van der Waals surface area contributed by atoms with Gasteiger partial charge in [0.15, 0.2) is 0 Å². The first-order chi connectivity index (χ1) is 14.8. The van der Waals surface area contributed by atoms with Crippen LogP contribution >= 0.6 is 0 Å². The van der Waals surface area contributed by atoms with Crippen LogP contribution in [0.1, 0.15) is 35.6 Å². The Morgan fingerprint density at radius 1 is 1.00 bits per heavy atom. The Bertz CT molecular complexity index is 881. The average molecular weight is 434 g/mol. The van der Waals surface area contributed by atoms with Crippen LogP contribution in [0.4, 0.5) is 18.9 Å². The van der Waals surface area contributed by atoms with E-state index in [1.807, 2.05) is 25.1 Å². The van der Waals surface area contributed by atoms with Crippen molar-refractivity contribution in [3.63, 3.8) is 0 Å². The fraction of sp³-hybridized carbons (Fsp3) is 0.458. The molecule has 1 saturated heterocycles. The highest BCUT2D eigenvalue weighted by molar-refractivity contribution is 5.93. The third-order valence-corrected chi connectivity index (χ3v) is 5.74. The highest BCUT2D eigenvalue weighted by atomic mass is 19.4. The predicted octanol–water partition coefficient (Wildman–Crippen LogP) is 4.72. The van der Waals surface area contributed by atoms with Crippen LogP contribution in [0.15, 0.2) is 42.5 Å². The molecule has 3 rings (SSSR count). The van der Waals surface area contributed by atoms with Crippen molar-refractivity contribution in [1.82, 2.24) is 9.80 Å². The van der Waals surface area contributed by atoms with Crippen molar-refractivity contribution in [2.75, 3.05) is 38.0 Å². The molecule has 4 nitrogen and oxygen atoms in total. The van der Waals surface area contributed by atoms with Gasteiger partial charge in [0.1, 0.15) is 0 Å². The van der Waals surface area contributed by atoms with Gasteiger partial charge in [-0.3, -0.25) is 14.6 Å². The first-order valence-electron chi connectivity index (χ1n) is 10.8. The summed E-state index contributed by atoms with van der Waals surface area (Å²) in [6, 6.07) is 11.4. The smallest absolute Gasteiger partial charge is 0.324 e. The minimum atomic E-state index is -4.31. The van der Waals surface area contributed by atoms with Gasteiger partial charge in [-0.15, -0.1) is 0 Å². The van der Waals surface area contributed by atoms with Crippen LogP contribution in [0.3, 0.4) is 0 Å². The minimum absolute atomic E-state index is 0.0137. The lowest BCUT2D eigenvalue weighted by molar-refractivity contribution is -0.137. The third kappa shape index (κ3) is 6.55. The number of carbonyl (C=O) groups is 1. The van der Waals surface area contributed by atoms with E-state index in [-0.39, 0.29) is 5.91 Å². The maximum atomic E-state index is 12.7. The van der Waals surface area contributed by atoms with Crippen LogP contribution in [0.2, 0.25) is 0 Å². The summed E-state index contributed by atoms with van der Waals surface area (Å²) >= 11 is 0. The predicted molar refractivity (Wildman–Crippen MR) is 117 cm³/mol. The molecule has 0 radical (unpaired) electrons. The van der Waals surface area contributed by atoms with Gasteiger partial charge in [-0.25, -0.2) is 0 Å². The molecule has 168 valence electrons. The molecule has 0 atom stereocenters. The number of rotatable bonds is 6. The zero-order chi connectivity index (χ0) is 22.4. The van der Waals surface area contributed by atoms with Gasteiger partial charge in [-0.05, 0) is 61.7 Å². The number of halogens is 3. The van der Waals surface area contributed by atoms with Crippen LogP contribution < -0.4 is 5.32 Å². The Morgan fingerprint density at radius 2 is 1.68 bits per heavy atom. The number of anilines is 1. The Morgan fingerprint density at radius 3 is 2.35 bits per heavy atom. The first-order valence-corrected chi connectivity index (χ1v) is 10.8. The standard InChI is InChI=1S/C24H30F3N3O/c1-3-20-7-4-6-18(2)23(20)28-22(31)17-30-13-5-12-29(14-15-30)16-19-8-10-21(11-9-19)24(25,26)27/h4,6-11H,3,5,12-17H2,1-2H3,(H,28,31). The summed E-state index contributed by atoms with van der Waals surface area (Å²) in [5.74, 6) is -0.0137. The van der Waals surface area contributed by atoms with E-state index in [0.29, 0.717) is 13.1 Å². The van der Waals surface area contributed by atoms with Gasteiger partial charge in [0.05, 0.1) is 12.1 Å². The van der Waals surface area contributed by atoms with Crippen LogP contribution in [-0.2, 0) is 23.9 Å². The van der Waals surface area contributed by atoms with Crippen molar-refractivity contribution >= 4 is 11.6 Å². The van der Waals surface area contributed by atoms with E-state index in [0.717, 1.165) is 73.5 Å². The molecule has 0 aromatic heterocycles. The number of amides is 1. The molecular formula is C24H30F3N3O. The number of hydrogen-bond donors (Lipinski definition) is 1. The summed E-state index contributed by atoms with van der Waals surface area (Å²) in [7, 11) is 0. The van der Waals surface area contributed by atoms with Crippen molar-refractivity contribution in [2.45, 2.75) is 39.4 Å². The van der Waals surface area contributed by atoms with Gasteiger partial charge >= 0.3 is 6.18 Å². The zero-order valence-electron chi connectivity index (χ0n) is 18.1. The Labute approximate surface area is 182 Å². The molecule has 31 heavy (non-hydrogen) atoms. The molecule has 7 heteroatoms. The normalized spacial score (nSPS) is 16.2. The van der Waals surface area contributed by atoms with Gasteiger partial charge in [0.25, 0.3) is 0 Å². The number of para-hydroxylation sites is 1. The molecule has 0 unspecified atom stereocenters. The van der Waals surface area contributed by atoms with E-state index >= 15 is 0 Å². The number of benzene rings is 2. The number of nitrogens with zero attached hydrogens (tertiary/aromatic N) is 2. The summed E-state index contributed by atoms with van der Waals surface area (Å²) in [4.78, 5) is 17.0. The lowest BCUT2D eigenvalue weighted by Gasteiger charge is -2.22. The summed E-state index contributed by atoms with van der Waals surface area (Å²) in [5.41, 5.74) is 3.35. The fourth-order valence-corrected chi connectivity index (χ4v) is 3.98. The number of aryl methyl sites for hydroxylation is 2. The van der Waals surface area contributed by atoms with Gasteiger partial charge in [0.2, 0.25) is 5.91 Å². The summed E-state index contributed by atoms with van der Waals surface area (Å²) in [6.07, 6.45) is -2.53. The molecule has 1 N–H and O–H groups in total. The highest BCUT2D eigenvalue weighted by Gasteiger charge is 2.30. The molecule has 0 spiro atoms. The summed E-state index contributed by atoms with van der Waals surface area (Å²) in [6.45, 7) is 8.24. The zero-order valence-corrected chi connectivity index (χ0v) is 18.1. The fourth-order valence-electron chi connectivity index (χ4n) is 3.98. The van der Waals surface area contributed by atoms with E-state index in [9.17, 15) is 18.0 Å². The molecule has 1 aliphatic rings. The first kappa shape index (κ1) is 23.3. The Hall–Kier alpha value is -2.38. The lowest BCUT2D eigenvalue weighted by Crippen LogP contribution is -2.36. The quantitative estimate of drug-likeness (QED) is 0.716. The summed E-state index contributed by atoms with van der Waals surface area (Å²) < 4.78 is 38.2. The van der Waals surface area contributed by atoms with Gasteiger partial charge in [-0.2, -0.15) is 13.2 Å². The van der Waals surface area contributed by atoms with E-state index < -0.39 is 11.7 Å². The van der Waals surface area contributed by atoms with Gasteiger partial charge in [-0.1, -0.05) is 37.3 Å². The molecule has 1 fully saturated rings. The molecule has 1 amide bonds. The lowest BCUT2D eigenvalue weighted by atomic mass is 10.1. The van der Waals surface area contributed by atoms with Crippen LogP contribution in [0, 0.1) is 6.92 Å². The van der Waals surface area contributed by atoms with Crippen molar-refractivity contribution in [1.29, 1.82) is 0 Å². The van der Waals surface area contributed by atoms with E-state index in [1.54, 1.807) is 12.1 Å². The largest absolute Gasteiger partial charge is 0.416 e. The van der Waals surface area contributed by atoms with E-state index in [2.05, 4.69) is 22.0 Å². The number of hydrogen-bond acceptors (Lipinski definition) is 3. The Kier molecular flexibility index (Phi) is 7.73. The second kappa shape index (κ2) is 10.3. The molecule has 2 aromatic rings. The molecule has 1 heterocycles. The van der Waals surface area contributed by atoms with Crippen molar-refractivity contribution < 1.29 is 18.0 Å².